The Hall–Kier alpha value is 0.190. The number of rotatable bonds is 4. The largest absolute Gasteiger partial charge is 0.244 e. The maximum Gasteiger partial charge on any atom is 0.244 e. The molecular formula is C12H14BrCl2NO2S. The first kappa shape index (κ1) is 15.6. The van der Waals surface area contributed by atoms with E-state index in [-0.39, 0.29) is 14.9 Å². The number of halogens is 3. The summed E-state index contributed by atoms with van der Waals surface area (Å²) in [6.07, 6.45) is 2.08. The Morgan fingerprint density at radius 1 is 1.26 bits per heavy atom. The third kappa shape index (κ3) is 3.45. The summed E-state index contributed by atoms with van der Waals surface area (Å²) in [6.45, 7) is 3.76. The van der Waals surface area contributed by atoms with Crippen LogP contribution >= 0.6 is 39.1 Å². The van der Waals surface area contributed by atoms with Crippen molar-refractivity contribution in [3.8, 4) is 0 Å². The van der Waals surface area contributed by atoms with Crippen molar-refractivity contribution in [2.45, 2.75) is 37.1 Å². The second kappa shape index (κ2) is 5.19. The van der Waals surface area contributed by atoms with Crippen LogP contribution in [0, 0.1) is 5.92 Å². The van der Waals surface area contributed by atoms with E-state index in [9.17, 15) is 8.42 Å². The maximum atomic E-state index is 12.4. The van der Waals surface area contributed by atoms with Crippen molar-refractivity contribution >= 4 is 49.2 Å². The van der Waals surface area contributed by atoms with Gasteiger partial charge in [0.25, 0.3) is 0 Å². The summed E-state index contributed by atoms with van der Waals surface area (Å²) in [5.74, 6) is 0.371. The van der Waals surface area contributed by atoms with Crippen molar-refractivity contribution in [1.29, 1.82) is 0 Å². The van der Waals surface area contributed by atoms with Gasteiger partial charge in [0.2, 0.25) is 10.0 Å². The maximum absolute atomic E-state index is 12.4. The second-order valence-electron chi connectivity index (χ2n) is 5.30. The topological polar surface area (TPSA) is 46.2 Å². The molecule has 19 heavy (non-hydrogen) atoms. The third-order valence-corrected chi connectivity index (χ3v) is 6.28. The van der Waals surface area contributed by atoms with Gasteiger partial charge in [-0.2, -0.15) is 0 Å². The lowest BCUT2D eigenvalue weighted by atomic mass is 10.0. The van der Waals surface area contributed by atoms with E-state index in [1.54, 1.807) is 0 Å². The number of nitrogens with one attached hydrogen (secondary N) is 1. The molecule has 0 radical (unpaired) electrons. The van der Waals surface area contributed by atoms with Gasteiger partial charge in [-0.3, -0.25) is 0 Å². The molecule has 1 aliphatic rings. The zero-order valence-electron chi connectivity index (χ0n) is 10.5. The molecule has 0 unspecified atom stereocenters. The summed E-state index contributed by atoms with van der Waals surface area (Å²) < 4.78 is 28.2. The van der Waals surface area contributed by atoms with Gasteiger partial charge in [0.15, 0.2) is 0 Å². The highest BCUT2D eigenvalue weighted by Crippen LogP contribution is 2.41. The smallest absolute Gasteiger partial charge is 0.207 e. The molecule has 0 bridgehead atoms. The lowest BCUT2D eigenvalue weighted by molar-refractivity contribution is 0.400. The second-order valence-corrected chi connectivity index (χ2v) is 8.65. The van der Waals surface area contributed by atoms with E-state index in [1.165, 1.54) is 12.1 Å². The summed E-state index contributed by atoms with van der Waals surface area (Å²) in [7, 11) is -3.74. The summed E-state index contributed by atoms with van der Waals surface area (Å²) in [6, 6.07) is 3.04. The molecule has 0 atom stereocenters. The molecule has 2 rings (SSSR count). The Morgan fingerprint density at radius 3 is 2.16 bits per heavy atom. The van der Waals surface area contributed by atoms with Gasteiger partial charge in [0.05, 0.1) is 10.0 Å². The molecule has 7 heteroatoms. The molecule has 0 aliphatic heterocycles. The third-order valence-electron chi connectivity index (χ3n) is 3.23. The van der Waals surface area contributed by atoms with Gasteiger partial charge >= 0.3 is 0 Å². The minimum atomic E-state index is -3.74. The molecule has 1 saturated carbocycles. The van der Waals surface area contributed by atoms with Crippen LogP contribution in [0.3, 0.4) is 0 Å². The van der Waals surface area contributed by atoms with Gasteiger partial charge in [0.1, 0.15) is 4.90 Å². The van der Waals surface area contributed by atoms with Crippen LogP contribution in [-0.2, 0) is 10.0 Å². The van der Waals surface area contributed by atoms with Gasteiger partial charge < -0.3 is 0 Å². The van der Waals surface area contributed by atoms with E-state index in [1.807, 2.05) is 13.8 Å². The lowest BCUT2D eigenvalue weighted by Crippen LogP contribution is -2.45. The zero-order valence-corrected chi connectivity index (χ0v) is 14.4. The van der Waals surface area contributed by atoms with Crippen LogP contribution in [0.4, 0.5) is 0 Å². The fourth-order valence-corrected chi connectivity index (χ4v) is 5.48. The van der Waals surface area contributed by atoms with Crippen LogP contribution in [0.2, 0.25) is 10.0 Å². The lowest BCUT2D eigenvalue weighted by Gasteiger charge is -2.26. The first-order valence-electron chi connectivity index (χ1n) is 5.82. The van der Waals surface area contributed by atoms with Crippen molar-refractivity contribution in [2.24, 2.45) is 5.92 Å². The van der Waals surface area contributed by atoms with Gasteiger partial charge in [-0.1, -0.05) is 39.1 Å². The van der Waals surface area contributed by atoms with Crippen LogP contribution in [0.5, 0.6) is 0 Å². The molecule has 106 valence electrons. The van der Waals surface area contributed by atoms with Gasteiger partial charge in [0, 0.05) is 10.0 Å². The predicted octanol–water partition coefficient (Wildman–Crippen LogP) is 4.22. The van der Waals surface area contributed by atoms with Crippen LogP contribution in [0.15, 0.2) is 21.5 Å². The highest BCUT2D eigenvalue weighted by molar-refractivity contribution is 9.10. The van der Waals surface area contributed by atoms with E-state index in [0.29, 0.717) is 10.4 Å². The van der Waals surface area contributed by atoms with Crippen LogP contribution in [-0.4, -0.2) is 14.0 Å². The Morgan fingerprint density at radius 2 is 1.74 bits per heavy atom. The van der Waals surface area contributed by atoms with Gasteiger partial charge in [-0.25, -0.2) is 13.1 Å². The number of benzene rings is 1. The van der Waals surface area contributed by atoms with Crippen molar-refractivity contribution in [3.05, 3.63) is 26.7 Å². The summed E-state index contributed by atoms with van der Waals surface area (Å²) in [5.41, 5.74) is -0.488. The van der Waals surface area contributed by atoms with E-state index in [2.05, 4.69) is 20.7 Å². The molecule has 0 heterocycles. The minimum Gasteiger partial charge on any atom is -0.207 e. The first-order chi connectivity index (χ1) is 8.63. The molecule has 1 fully saturated rings. The average molecular weight is 387 g/mol. The highest BCUT2D eigenvalue weighted by atomic mass is 79.9. The Bertz CT molecular complexity index is 589. The molecule has 1 aliphatic carbocycles. The van der Waals surface area contributed by atoms with Crippen LogP contribution < -0.4 is 4.72 Å². The van der Waals surface area contributed by atoms with Crippen molar-refractivity contribution in [3.63, 3.8) is 0 Å². The molecule has 0 aromatic heterocycles. The Labute approximate surface area is 131 Å². The predicted molar refractivity (Wildman–Crippen MR) is 81.3 cm³/mol. The van der Waals surface area contributed by atoms with Crippen molar-refractivity contribution in [1.82, 2.24) is 4.72 Å². The Balaban J connectivity index is 2.40. The monoisotopic (exact) mass is 385 g/mol. The number of sulfonamides is 1. The average Bonchev–Trinajstić information content (AvgIpc) is 2.94. The van der Waals surface area contributed by atoms with Gasteiger partial charge in [-0.05, 0) is 44.7 Å². The normalized spacial score (nSPS) is 16.7. The number of hydrogen-bond acceptors (Lipinski definition) is 2. The van der Waals surface area contributed by atoms with Crippen LogP contribution in [0.25, 0.3) is 0 Å². The summed E-state index contributed by atoms with van der Waals surface area (Å²) in [4.78, 5) is -0.0623. The van der Waals surface area contributed by atoms with E-state index >= 15 is 0 Å². The standard InChI is InChI=1S/C12H14BrCl2NO2S/c1-12(2,7-3-4-7)16-19(17,18)11-9(14)5-8(13)6-10(11)15/h5-7,16H,3-4H2,1-2H3. The Kier molecular flexibility index (Phi) is 4.25. The molecular weight excluding hydrogens is 373 g/mol. The minimum absolute atomic E-state index is 0.0623. The van der Waals surface area contributed by atoms with Gasteiger partial charge in [-0.15, -0.1) is 0 Å². The fraction of sp³-hybridized carbons (Fsp3) is 0.500. The first-order valence-corrected chi connectivity index (χ1v) is 8.85. The zero-order chi connectivity index (χ0) is 14.4. The highest BCUT2D eigenvalue weighted by Gasteiger charge is 2.41. The number of hydrogen-bond donors (Lipinski definition) is 1. The van der Waals surface area contributed by atoms with Crippen molar-refractivity contribution < 1.29 is 8.42 Å². The van der Waals surface area contributed by atoms with E-state index < -0.39 is 15.6 Å². The fourth-order valence-electron chi connectivity index (χ4n) is 2.07. The SMILES string of the molecule is CC(C)(NS(=O)(=O)c1c(Cl)cc(Br)cc1Cl)C1CC1. The molecule has 0 spiro atoms. The molecule has 0 amide bonds. The quantitative estimate of drug-likeness (QED) is 0.841. The van der Waals surface area contributed by atoms with E-state index in [4.69, 9.17) is 23.2 Å². The molecule has 0 saturated heterocycles. The molecule has 3 nitrogen and oxygen atoms in total. The van der Waals surface area contributed by atoms with E-state index in [0.717, 1.165) is 12.8 Å². The van der Waals surface area contributed by atoms with Crippen molar-refractivity contribution in [2.75, 3.05) is 0 Å². The molecule has 1 aromatic rings. The summed E-state index contributed by atoms with van der Waals surface area (Å²) >= 11 is 15.2. The summed E-state index contributed by atoms with van der Waals surface area (Å²) in [5, 5.41) is 0.219. The molecule has 1 N–H and O–H groups in total. The molecule has 1 aromatic carbocycles. The van der Waals surface area contributed by atoms with Crippen LogP contribution in [0.1, 0.15) is 26.7 Å².